The van der Waals surface area contributed by atoms with Crippen LogP contribution in [0.25, 0.3) is 16.3 Å². The van der Waals surface area contributed by atoms with Crippen molar-refractivity contribution in [2.24, 2.45) is 4.99 Å². The van der Waals surface area contributed by atoms with Crippen LogP contribution in [0, 0.1) is 10.1 Å². The highest BCUT2D eigenvalue weighted by molar-refractivity contribution is 7.16. The molecular weight excluding hydrogens is 386 g/mol. The standard InChI is InChI=1S/C19H14ClN3O3S/c1-2-10-22-16-8-7-14(20)12-17(16)27-19(22)21-18(24)9-6-13-4-3-5-15(11-13)23(25)26/h2-9,11-12H,1,10H2/b9-6+,21-19?. The van der Waals surface area contributed by atoms with E-state index < -0.39 is 10.8 Å². The van der Waals surface area contributed by atoms with E-state index in [1.807, 2.05) is 16.7 Å². The Hall–Kier alpha value is -3.03. The molecule has 0 atom stereocenters. The number of carbonyl (C=O) groups excluding carboxylic acids is 1. The first-order valence-corrected chi connectivity index (χ1v) is 9.08. The van der Waals surface area contributed by atoms with Crippen LogP contribution in [0.15, 0.2) is 66.2 Å². The number of amides is 1. The number of halogens is 1. The summed E-state index contributed by atoms with van der Waals surface area (Å²) in [6.45, 7) is 4.24. The molecule has 0 bridgehead atoms. The molecule has 136 valence electrons. The third-order valence-corrected chi connectivity index (χ3v) is 4.94. The quantitative estimate of drug-likeness (QED) is 0.272. The van der Waals surface area contributed by atoms with Crippen molar-refractivity contribution in [1.29, 1.82) is 0 Å². The van der Waals surface area contributed by atoms with E-state index in [9.17, 15) is 14.9 Å². The van der Waals surface area contributed by atoms with Crippen LogP contribution in [0.2, 0.25) is 5.02 Å². The van der Waals surface area contributed by atoms with Crippen molar-refractivity contribution in [1.82, 2.24) is 4.57 Å². The van der Waals surface area contributed by atoms with Crippen LogP contribution in [0.4, 0.5) is 5.69 Å². The van der Waals surface area contributed by atoms with Crippen molar-refractivity contribution in [2.45, 2.75) is 6.54 Å². The maximum atomic E-state index is 12.3. The predicted octanol–water partition coefficient (Wildman–Crippen LogP) is 4.59. The van der Waals surface area contributed by atoms with Crippen molar-refractivity contribution in [3.8, 4) is 0 Å². The van der Waals surface area contributed by atoms with Crippen molar-refractivity contribution < 1.29 is 9.72 Å². The van der Waals surface area contributed by atoms with Gasteiger partial charge in [-0.25, -0.2) is 0 Å². The lowest BCUT2D eigenvalue weighted by molar-refractivity contribution is -0.384. The molecule has 0 aliphatic rings. The molecule has 27 heavy (non-hydrogen) atoms. The second-order valence-corrected chi connectivity index (χ2v) is 6.98. The Labute approximate surface area is 163 Å². The van der Waals surface area contributed by atoms with Crippen molar-refractivity contribution >= 4 is 50.8 Å². The molecule has 1 aromatic heterocycles. The largest absolute Gasteiger partial charge is 0.312 e. The molecule has 0 unspecified atom stereocenters. The second-order valence-electron chi connectivity index (χ2n) is 5.53. The monoisotopic (exact) mass is 399 g/mol. The minimum Gasteiger partial charge on any atom is -0.312 e. The Morgan fingerprint density at radius 3 is 2.89 bits per heavy atom. The minimum atomic E-state index is -0.482. The van der Waals surface area contributed by atoms with Gasteiger partial charge in [-0.1, -0.05) is 41.1 Å². The molecular formula is C19H14ClN3O3S. The zero-order valence-electron chi connectivity index (χ0n) is 14.0. The summed E-state index contributed by atoms with van der Waals surface area (Å²) in [6, 6.07) is 11.5. The fourth-order valence-electron chi connectivity index (χ4n) is 2.48. The molecule has 1 heterocycles. The lowest BCUT2D eigenvalue weighted by Crippen LogP contribution is -2.15. The number of nitrogens with zero attached hydrogens (tertiary/aromatic N) is 3. The minimum absolute atomic E-state index is 0.0354. The van der Waals surface area contributed by atoms with Gasteiger partial charge in [-0.2, -0.15) is 4.99 Å². The fraction of sp³-hybridized carbons (Fsp3) is 0.0526. The van der Waals surface area contributed by atoms with Crippen LogP contribution in [-0.4, -0.2) is 15.4 Å². The first kappa shape index (κ1) is 18.8. The number of hydrogen-bond donors (Lipinski definition) is 0. The van der Waals surface area contributed by atoms with Gasteiger partial charge in [0.15, 0.2) is 4.80 Å². The molecule has 6 nitrogen and oxygen atoms in total. The van der Waals surface area contributed by atoms with Gasteiger partial charge in [-0.3, -0.25) is 14.9 Å². The van der Waals surface area contributed by atoms with Gasteiger partial charge in [0.25, 0.3) is 11.6 Å². The highest BCUT2D eigenvalue weighted by atomic mass is 35.5. The number of nitro groups is 1. The second kappa shape index (κ2) is 8.11. The average molecular weight is 400 g/mol. The number of benzene rings is 2. The van der Waals surface area contributed by atoms with Crippen LogP contribution in [0.5, 0.6) is 0 Å². The third kappa shape index (κ3) is 4.39. The molecule has 1 amide bonds. The van der Waals surface area contributed by atoms with Gasteiger partial charge >= 0.3 is 0 Å². The molecule has 0 radical (unpaired) electrons. The van der Waals surface area contributed by atoms with Gasteiger partial charge in [-0.15, -0.1) is 6.58 Å². The summed E-state index contributed by atoms with van der Waals surface area (Å²) in [5, 5.41) is 11.4. The average Bonchev–Trinajstić information content (AvgIpc) is 2.97. The van der Waals surface area contributed by atoms with Crippen LogP contribution in [-0.2, 0) is 11.3 Å². The molecule has 0 N–H and O–H groups in total. The number of fused-ring (bicyclic) bond motifs is 1. The number of hydrogen-bond acceptors (Lipinski definition) is 4. The molecule has 3 aromatic rings. The lowest BCUT2D eigenvalue weighted by atomic mass is 10.2. The van der Waals surface area contributed by atoms with Crippen LogP contribution in [0.1, 0.15) is 5.56 Å². The lowest BCUT2D eigenvalue weighted by Gasteiger charge is -2.00. The van der Waals surface area contributed by atoms with E-state index in [4.69, 9.17) is 11.6 Å². The molecule has 0 aliphatic carbocycles. The fourth-order valence-corrected chi connectivity index (χ4v) is 3.80. The zero-order valence-corrected chi connectivity index (χ0v) is 15.6. The molecule has 0 fully saturated rings. The van der Waals surface area contributed by atoms with Gasteiger partial charge in [0.1, 0.15) is 0 Å². The van der Waals surface area contributed by atoms with E-state index in [1.54, 1.807) is 24.3 Å². The molecule has 0 aliphatic heterocycles. The van der Waals surface area contributed by atoms with E-state index in [-0.39, 0.29) is 5.69 Å². The number of carbonyl (C=O) groups is 1. The van der Waals surface area contributed by atoms with Gasteiger partial charge in [-0.05, 0) is 29.8 Å². The molecule has 0 saturated heterocycles. The summed E-state index contributed by atoms with van der Waals surface area (Å²) >= 11 is 7.39. The van der Waals surface area contributed by atoms with E-state index in [0.717, 1.165) is 10.2 Å². The zero-order chi connectivity index (χ0) is 19.4. The van der Waals surface area contributed by atoms with Crippen LogP contribution < -0.4 is 4.80 Å². The number of non-ortho nitro benzene ring substituents is 1. The van der Waals surface area contributed by atoms with Crippen molar-refractivity contribution in [2.75, 3.05) is 0 Å². The molecule has 0 spiro atoms. The number of allylic oxidation sites excluding steroid dienone is 1. The van der Waals surface area contributed by atoms with Gasteiger partial charge in [0, 0.05) is 29.8 Å². The third-order valence-electron chi connectivity index (χ3n) is 3.66. The van der Waals surface area contributed by atoms with Gasteiger partial charge < -0.3 is 4.57 Å². The van der Waals surface area contributed by atoms with E-state index in [2.05, 4.69) is 11.6 Å². The first-order valence-electron chi connectivity index (χ1n) is 7.89. The van der Waals surface area contributed by atoms with E-state index in [0.29, 0.717) is 21.9 Å². The Morgan fingerprint density at radius 1 is 1.33 bits per heavy atom. The van der Waals surface area contributed by atoms with Crippen LogP contribution in [0.3, 0.4) is 0 Å². The summed E-state index contributed by atoms with van der Waals surface area (Å²) < 4.78 is 2.79. The maximum absolute atomic E-state index is 12.3. The number of aromatic nitrogens is 1. The topological polar surface area (TPSA) is 77.5 Å². The van der Waals surface area contributed by atoms with E-state index >= 15 is 0 Å². The van der Waals surface area contributed by atoms with Crippen molar-refractivity contribution in [3.05, 3.63) is 86.7 Å². The highest BCUT2D eigenvalue weighted by Crippen LogP contribution is 2.22. The Morgan fingerprint density at radius 2 is 2.15 bits per heavy atom. The Kier molecular flexibility index (Phi) is 5.63. The number of nitro benzene ring substituents is 1. The normalized spacial score (nSPS) is 12.0. The Bertz CT molecular complexity index is 1140. The van der Waals surface area contributed by atoms with Gasteiger partial charge in [0.2, 0.25) is 0 Å². The van der Waals surface area contributed by atoms with Crippen LogP contribution >= 0.6 is 22.9 Å². The summed E-state index contributed by atoms with van der Waals surface area (Å²) in [4.78, 5) is 27.3. The Balaban J connectivity index is 1.95. The summed E-state index contributed by atoms with van der Waals surface area (Å²) in [5.74, 6) is -0.461. The SMILES string of the molecule is C=CCn1c(=NC(=O)/C=C/c2cccc([N+](=O)[O-])c2)sc2cc(Cl)ccc21. The summed E-state index contributed by atoms with van der Waals surface area (Å²) in [7, 11) is 0. The smallest absolute Gasteiger partial charge is 0.272 e. The predicted molar refractivity (Wildman–Crippen MR) is 108 cm³/mol. The number of thiazole rings is 1. The molecule has 8 heteroatoms. The number of rotatable bonds is 5. The molecule has 3 rings (SSSR count). The highest BCUT2D eigenvalue weighted by Gasteiger charge is 2.07. The van der Waals surface area contributed by atoms with E-state index in [1.165, 1.54) is 35.6 Å². The first-order chi connectivity index (χ1) is 13.0. The molecule has 2 aromatic carbocycles. The van der Waals surface area contributed by atoms with Crippen molar-refractivity contribution in [3.63, 3.8) is 0 Å². The summed E-state index contributed by atoms with van der Waals surface area (Å²) in [5.41, 5.74) is 1.43. The summed E-state index contributed by atoms with van der Waals surface area (Å²) in [6.07, 6.45) is 4.51. The molecule has 0 saturated carbocycles. The maximum Gasteiger partial charge on any atom is 0.272 e. The van der Waals surface area contributed by atoms with Gasteiger partial charge in [0.05, 0.1) is 15.1 Å².